The summed E-state index contributed by atoms with van der Waals surface area (Å²) in [6, 6.07) is 4.59. The van der Waals surface area contributed by atoms with E-state index in [-0.39, 0.29) is 5.75 Å². The maximum atomic E-state index is 11.5. The molecule has 0 fully saturated rings. The van der Waals surface area contributed by atoms with Gasteiger partial charge in [-0.15, -0.1) is 5.75 Å². The summed E-state index contributed by atoms with van der Waals surface area (Å²) in [6.45, 7) is 0.879. The lowest BCUT2D eigenvalue weighted by Crippen LogP contribution is -2.36. The maximum Gasteiger partial charge on any atom is 0.385 e. The van der Waals surface area contributed by atoms with Crippen LogP contribution in [0.15, 0.2) is 18.2 Å². The average Bonchev–Trinajstić information content (AvgIpc) is 2.15. The Bertz CT molecular complexity index is 388. The molecule has 4 heteroatoms. The first-order valence-electron chi connectivity index (χ1n) is 4.88. The fourth-order valence-corrected chi connectivity index (χ4v) is 1.28. The lowest BCUT2D eigenvalue weighted by molar-refractivity contribution is -0.870. The molecular formula is C11H16N3O+. The van der Waals surface area contributed by atoms with Crippen LogP contribution in [0.3, 0.4) is 0 Å². The van der Waals surface area contributed by atoms with Crippen molar-refractivity contribution in [3.63, 3.8) is 0 Å². The van der Waals surface area contributed by atoms with Crippen LogP contribution < -0.4 is 5.11 Å². The van der Waals surface area contributed by atoms with E-state index in [0.29, 0.717) is 17.7 Å². The number of hydrogen-bond donors (Lipinski definition) is 0. The summed E-state index contributed by atoms with van der Waals surface area (Å²) < 4.78 is 0.805. The second kappa shape index (κ2) is 4.28. The molecule has 0 saturated carbocycles. The van der Waals surface area contributed by atoms with Crippen LogP contribution in [0.1, 0.15) is 5.56 Å². The summed E-state index contributed by atoms with van der Waals surface area (Å²) in [5.41, 5.74) is 1.14. The number of rotatable bonds is 3. The van der Waals surface area contributed by atoms with E-state index < -0.39 is 0 Å². The van der Waals surface area contributed by atoms with Crippen molar-refractivity contribution in [1.82, 2.24) is 0 Å². The Labute approximate surface area is 90.0 Å². The molecule has 0 N–H and O–H groups in total. The number of likely N-dealkylation sites (N-methyl/N-ethyl adjacent to an activating group) is 1. The Balaban J connectivity index is 2.81. The van der Waals surface area contributed by atoms with Crippen LogP contribution in [0, 0.1) is 5.39 Å². The highest BCUT2D eigenvalue weighted by Gasteiger charge is 2.10. The number of diazo groups is 1. The zero-order chi connectivity index (χ0) is 11.5. The van der Waals surface area contributed by atoms with Crippen LogP contribution in [-0.4, -0.2) is 32.2 Å². The van der Waals surface area contributed by atoms with E-state index in [4.69, 9.17) is 5.39 Å². The van der Waals surface area contributed by atoms with Gasteiger partial charge in [-0.25, -0.2) is 0 Å². The SMILES string of the molecule is C[N+](C)(C)CCc1cc([N+]#N)ccc1[O-]. The van der Waals surface area contributed by atoms with Gasteiger partial charge in [-0.3, -0.25) is 0 Å². The Morgan fingerprint density at radius 1 is 1.33 bits per heavy atom. The molecule has 0 aliphatic carbocycles. The maximum absolute atomic E-state index is 11.5. The predicted octanol–water partition coefficient (Wildman–Crippen LogP) is 1.49. The van der Waals surface area contributed by atoms with E-state index in [0.717, 1.165) is 11.0 Å². The molecule has 0 spiro atoms. The number of nitrogens with zero attached hydrogens (tertiary/aromatic N) is 3. The first-order valence-corrected chi connectivity index (χ1v) is 4.88. The van der Waals surface area contributed by atoms with Crippen molar-refractivity contribution >= 4 is 5.69 Å². The fraction of sp³-hybridized carbons (Fsp3) is 0.455. The Kier molecular flexibility index (Phi) is 3.28. The molecule has 4 nitrogen and oxygen atoms in total. The number of benzene rings is 1. The zero-order valence-electron chi connectivity index (χ0n) is 9.40. The third kappa shape index (κ3) is 3.56. The van der Waals surface area contributed by atoms with Crippen LogP contribution in [0.2, 0.25) is 0 Å². The molecule has 0 aliphatic rings. The summed E-state index contributed by atoms with van der Waals surface area (Å²) in [7, 11) is 6.22. The molecule has 0 amide bonds. The van der Waals surface area contributed by atoms with Gasteiger partial charge in [0, 0.05) is 18.6 Å². The van der Waals surface area contributed by atoms with Crippen LogP contribution in [-0.2, 0) is 6.42 Å². The molecule has 15 heavy (non-hydrogen) atoms. The van der Waals surface area contributed by atoms with E-state index in [2.05, 4.69) is 26.1 Å². The monoisotopic (exact) mass is 206 g/mol. The highest BCUT2D eigenvalue weighted by Crippen LogP contribution is 2.22. The van der Waals surface area contributed by atoms with Gasteiger partial charge in [-0.05, 0) is 5.56 Å². The second-order valence-corrected chi connectivity index (χ2v) is 4.66. The minimum absolute atomic E-state index is 0.0100. The molecule has 0 heterocycles. The molecule has 0 unspecified atom stereocenters. The standard InChI is InChI=1S/C11H16N3O/c1-14(2,3)7-6-9-8-10(13-12)4-5-11(9)15/h4-5,8H,6-7H2,1-3H3/q+1. The van der Waals surface area contributed by atoms with Gasteiger partial charge in [0.15, 0.2) is 4.98 Å². The lowest BCUT2D eigenvalue weighted by Gasteiger charge is -2.24. The van der Waals surface area contributed by atoms with Crippen LogP contribution >= 0.6 is 0 Å². The first-order chi connectivity index (χ1) is 6.92. The predicted molar refractivity (Wildman–Crippen MR) is 57.2 cm³/mol. The molecule has 80 valence electrons. The minimum Gasteiger partial charge on any atom is -0.872 e. The van der Waals surface area contributed by atoms with Crippen LogP contribution in [0.4, 0.5) is 5.69 Å². The van der Waals surface area contributed by atoms with Gasteiger partial charge in [-0.1, -0.05) is 6.07 Å². The molecule has 0 atom stereocenters. The first kappa shape index (κ1) is 11.5. The van der Waals surface area contributed by atoms with Crippen LogP contribution in [0.5, 0.6) is 5.75 Å². The molecular weight excluding hydrogens is 190 g/mol. The average molecular weight is 206 g/mol. The van der Waals surface area contributed by atoms with Gasteiger partial charge in [0.05, 0.1) is 27.7 Å². The summed E-state index contributed by atoms with van der Waals surface area (Å²) in [4.78, 5) is 3.07. The summed E-state index contributed by atoms with van der Waals surface area (Å²) in [5, 5.41) is 20.1. The van der Waals surface area contributed by atoms with Crippen molar-refractivity contribution in [2.45, 2.75) is 6.42 Å². The Morgan fingerprint density at radius 3 is 2.53 bits per heavy atom. The van der Waals surface area contributed by atoms with Crippen molar-refractivity contribution in [2.24, 2.45) is 0 Å². The smallest absolute Gasteiger partial charge is 0.385 e. The van der Waals surface area contributed by atoms with E-state index in [1.54, 1.807) is 6.07 Å². The van der Waals surface area contributed by atoms with E-state index >= 15 is 0 Å². The van der Waals surface area contributed by atoms with Gasteiger partial charge in [0.1, 0.15) is 0 Å². The van der Waals surface area contributed by atoms with Gasteiger partial charge in [-0.2, -0.15) is 0 Å². The van der Waals surface area contributed by atoms with E-state index in [1.807, 2.05) is 0 Å². The van der Waals surface area contributed by atoms with Gasteiger partial charge < -0.3 is 9.59 Å². The summed E-state index contributed by atoms with van der Waals surface area (Å²) >= 11 is 0. The molecule has 0 aliphatic heterocycles. The van der Waals surface area contributed by atoms with Gasteiger partial charge in [0.2, 0.25) is 5.39 Å². The van der Waals surface area contributed by atoms with Crippen molar-refractivity contribution in [3.8, 4) is 5.75 Å². The molecule has 0 saturated heterocycles. The van der Waals surface area contributed by atoms with Gasteiger partial charge in [0.25, 0.3) is 0 Å². The molecule has 1 aromatic rings. The van der Waals surface area contributed by atoms with Crippen molar-refractivity contribution in [2.75, 3.05) is 27.7 Å². The quantitative estimate of drug-likeness (QED) is 0.555. The topological polar surface area (TPSA) is 51.2 Å². The number of hydrogen-bond acceptors (Lipinski definition) is 2. The minimum atomic E-state index is 0.0100. The largest absolute Gasteiger partial charge is 0.872 e. The molecule has 1 aromatic carbocycles. The van der Waals surface area contributed by atoms with Crippen LogP contribution in [0.25, 0.3) is 4.98 Å². The summed E-state index contributed by atoms with van der Waals surface area (Å²) in [5.74, 6) is 0.0100. The van der Waals surface area contributed by atoms with E-state index in [1.165, 1.54) is 12.1 Å². The van der Waals surface area contributed by atoms with Crippen molar-refractivity contribution < 1.29 is 9.59 Å². The van der Waals surface area contributed by atoms with Gasteiger partial charge >= 0.3 is 5.69 Å². The Morgan fingerprint density at radius 2 is 2.00 bits per heavy atom. The molecule has 1 rings (SSSR count). The molecule has 0 bridgehead atoms. The zero-order valence-corrected chi connectivity index (χ0v) is 9.40. The molecule has 0 radical (unpaired) electrons. The third-order valence-electron chi connectivity index (χ3n) is 2.21. The normalized spacial score (nSPS) is 11.1. The highest BCUT2D eigenvalue weighted by molar-refractivity contribution is 5.50. The van der Waals surface area contributed by atoms with Crippen molar-refractivity contribution in [1.29, 1.82) is 5.39 Å². The third-order valence-corrected chi connectivity index (χ3v) is 2.21. The van der Waals surface area contributed by atoms with E-state index in [9.17, 15) is 5.11 Å². The second-order valence-electron chi connectivity index (χ2n) is 4.66. The van der Waals surface area contributed by atoms with Crippen molar-refractivity contribution in [3.05, 3.63) is 28.7 Å². The Hall–Kier alpha value is -1.60. The summed E-state index contributed by atoms with van der Waals surface area (Å²) in [6.07, 6.45) is 0.700. The fourth-order valence-electron chi connectivity index (χ4n) is 1.28. The highest BCUT2D eigenvalue weighted by atomic mass is 16.3. The molecule has 0 aromatic heterocycles. The lowest BCUT2D eigenvalue weighted by atomic mass is 10.1. The number of quaternary nitrogens is 1.